The van der Waals surface area contributed by atoms with Crippen molar-refractivity contribution in [3.8, 4) is 0 Å². The van der Waals surface area contributed by atoms with E-state index in [0.29, 0.717) is 5.02 Å². The van der Waals surface area contributed by atoms with Gasteiger partial charge in [0.15, 0.2) is 5.11 Å². The van der Waals surface area contributed by atoms with Crippen LogP contribution in [-0.4, -0.2) is 11.0 Å². The van der Waals surface area contributed by atoms with Crippen molar-refractivity contribution in [1.29, 1.82) is 0 Å². The molecule has 0 aliphatic rings. The zero-order valence-electron chi connectivity index (χ0n) is 12.5. The molecule has 0 saturated heterocycles. The second-order valence-electron chi connectivity index (χ2n) is 5.00. The molecule has 2 rings (SSSR count). The lowest BCUT2D eigenvalue weighted by molar-refractivity contribution is -0.137. The van der Waals surface area contributed by atoms with Crippen LogP contribution in [0.15, 0.2) is 42.5 Å². The number of carbonyl (C=O) groups excluding carboxylic acids is 1. The lowest BCUT2D eigenvalue weighted by Crippen LogP contribution is -2.35. The predicted octanol–water partition coefficient (Wildman–Crippen LogP) is 5.07. The Kier molecular flexibility index (Phi) is 6.26. The van der Waals surface area contributed by atoms with Gasteiger partial charge in [0.05, 0.1) is 22.7 Å². The topological polar surface area (TPSA) is 41.1 Å². The average molecular weight is 407 g/mol. The largest absolute Gasteiger partial charge is 0.416 e. The van der Waals surface area contributed by atoms with Crippen LogP contribution >= 0.6 is 35.4 Å². The Morgan fingerprint density at radius 2 is 1.72 bits per heavy atom. The third-order valence-corrected chi connectivity index (χ3v) is 3.84. The minimum Gasteiger partial charge on any atom is -0.331 e. The fourth-order valence-corrected chi connectivity index (χ4v) is 2.48. The number of rotatable bonds is 3. The highest BCUT2D eigenvalue weighted by molar-refractivity contribution is 7.80. The number of hydrogen-bond acceptors (Lipinski definition) is 2. The van der Waals surface area contributed by atoms with E-state index < -0.39 is 11.7 Å². The van der Waals surface area contributed by atoms with Gasteiger partial charge in [0, 0.05) is 5.02 Å². The van der Waals surface area contributed by atoms with Crippen LogP contribution in [0.5, 0.6) is 0 Å². The van der Waals surface area contributed by atoms with E-state index in [1.165, 1.54) is 0 Å². The number of thiocarbonyl (C=S) groups is 1. The Balaban J connectivity index is 1.95. The molecule has 25 heavy (non-hydrogen) atoms. The van der Waals surface area contributed by atoms with Crippen molar-refractivity contribution in [3.05, 3.63) is 63.6 Å². The van der Waals surface area contributed by atoms with E-state index in [-0.39, 0.29) is 28.2 Å². The summed E-state index contributed by atoms with van der Waals surface area (Å²) in [6.45, 7) is 0. The van der Waals surface area contributed by atoms with Gasteiger partial charge in [-0.05, 0) is 48.1 Å². The van der Waals surface area contributed by atoms with Crippen molar-refractivity contribution in [2.45, 2.75) is 12.6 Å². The smallest absolute Gasteiger partial charge is 0.331 e. The molecular weight excluding hydrogens is 396 g/mol. The monoisotopic (exact) mass is 406 g/mol. The summed E-state index contributed by atoms with van der Waals surface area (Å²) in [7, 11) is 0. The van der Waals surface area contributed by atoms with Crippen molar-refractivity contribution in [2.75, 3.05) is 5.32 Å². The number of alkyl halides is 3. The summed E-state index contributed by atoms with van der Waals surface area (Å²) in [5.41, 5.74) is 0.0180. The molecule has 0 radical (unpaired) electrons. The van der Waals surface area contributed by atoms with E-state index in [2.05, 4.69) is 10.6 Å². The number of amides is 1. The van der Waals surface area contributed by atoms with E-state index in [1.54, 1.807) is 24.3 Å². The summed E-state index contributed by atoms with van der Waals surface area (Å²) in [6, 6.07) is 9.50. The molecule has 0 aliphatic carbocycles. The van der Waals surface area contributed by atoms with Gasteiger partial charge in [-0.2, -0.15) is 13.2 Å². The van der Waals surface area contributed by atoms with E-state index in [1.807, 2.05) is 0 Å². The maximum atomic E-state index is 12.6. The normalized spacial score (nSPS) is 11.1. The first-order valence-corrected chi connectivity index (χ1v) is 8.03. The maximum absolute atomic E-state index is 12.6. The molecule has 0 unspecified atom stereocenters. The van der Waals surface area contributed by atoms with Gasteiger partial charge >= 0.3 is 6.18 Å². The van der Waals surface area contributed by atoms with Gasteiger partial charge in [0.2, 0.25) is 5.91 Å². The van der Waals surface area contributed by atoms with Gasteiger partial charge in [0.25, 0.3) is 0 Å². The molecule has 0 bridgehead atoms. The van der Waals surface area contributed by atoms with Crippen molar-refractivity contribution in [1.82, 2.24) is 5.32 Å². The molecule has 0 saturated carbocycles. The Hall–Kier alpha value is -1.83. The molecule has 3 nitrogen and oxygen atoms in total. The first-order valence-electron chi connectivity index (χ1n) is 6.87. The SMILES string of the molecule is O=C(Cc1ccc(Cl)cc1)NC(=S)Nc1ccc(C(F)(F)F)cc1Cl. The number of benzene rings is 2. The van der Waals surface area contributed by atoms with E-state index in [4.69, 9.17) is 35.4 Å². The maximum Gasteiger partial charge on any atom is 0.416 e. The van der Waals surface area contributed by atoms with Crippen LogP contribution in [-0.2, 0) is 17.4 Å². The predicted molar refractivity (Wildman–Crippen MR) is 96.0 cm³/mol. The first-order chi connectivity index (χ1) is 11.6. The number of anilines is 1. The molecule has 0 heterocycles. The van der Waals surface area contributed by atoms with Crippen LogP contribution in [0.25, 0.3) is 0 Å². The molecule has 2 aromatic carbocycles. The molecule has 9 heteroatoms. The molecule has 1 amide bonds. The summed E-state index contributed by atoms with van der Waals surface area (Å²) in [4.78, 5) is 11.9. The zero-order valence-corrected chi connectivity index (χ0v) is 14.8. The summed E-state index contributed by atoms with van der Waals surface area (Å²) in [5.74, 6) is -0.386. The standard InChI is InChI=1S/C16H11Cl2F3N2OS/c17-11-4-1-9(2-5-11)7-14(24)23-15(25)22-13-6-3-10(8-12(13)18)16(19,20)21/h1-6,8H,7H2,(H2,22,23,24,25). The second-order valence-corrected chi connectivity index (χ2v) is 6.25. The Morgan fingerprint density at radius 1 is 1.08 bits per heavy atom. The summed E-state index contributed by atoms with van der Waals surface area (Å²) >= 11 is 16.5. The highest BCUT2D eigenvalue weighted by atomic mass is 35.5. The molecule has 0 aromatic heterocycles. The molecule has 0 aliphatic heterocycles. The molecule has 2 N–H and O–H groups in total. The van der Waals surface area contributed by atoms with Crippen LogP contribution in [0, 0.1) is 0 Å². The van der Waals surface area contributed by atoms with Gasteiger partial charge in [0.1, 0.15) is 0 Å². The fourth-order valence-electron chi connectivity index (χ4n) is 1.90. The highest BCUT2D eigenvalue weighted by Crippen LogP contribution is 2.33. The second kappa shape index (κ2) is 8.03. The van der Waals surface area contributed by atoms with Gasteiger partial charge in [-0.15, -0.1) is 0 Å². The number of hydrogen-bond donors (Lipinski definition) is 2. The molecule has 2 aromatic rings. The number of nitrogens with one attached hydrogen (secondary N) is 2. The Morgan fingerprint density at radius 3 is 2.28 bits per heavy atom. The van der Waals surface area contributed by atoms with Crippen molar-refractivity contribution >= 4 is 52.1 Å². The molecule has 0 fully saturated rings. The molecule has 0 atom stereocenters. The Bertz CT molecular complexity index is 795. The minimum absolute atomic E-state index is 0.0689. The molecular formula is C16H11Cl2F3N2OS. The van der Waals surface area contributed by atoms with Crippen molar-refractivity contribution in [3.63, 3.8) is 0 Å². The summed E-state index contributed by atoms with van der Waals surface area (Å²) in [5, 5.41) is 5.35. The van der Waals surface area contributed by atoms with Crippen LogP contribution in [0.2, 0.25) is 10.0 Å². The van der Waals surface area contributed by atoms with Crippen LogP contribution in [0.1, 0.15) is 11.1 Å². The summed E-state index contributed by atoms with van der Waals surface area (Å²) in [6.07, 6.45) is -4.42. The number of carbonyl (C=O) groups is 1. The first kappa shape index (κ1) is 19.5. The van der Waals surface area contributed by atoms with Gasteiger partial charge in [-0.3, -0.25) is 4.79 Å². The lowest BCUT2D eigenvalue weighted by atomic mass is 10.1. The molecule has 132 valence electrons. The fraction of sp³-hybridized carbons (Fsp3) is 0.125. The van der Waals surface area contributed by atoms with Gasteiger partial charge in [-0.25, -0.2) is 0 Å². The lowest BCUT2D eigenvalue weighted by Gasteiger charge is -2.13. The van der Waals surface area contributed by atoms with Gasteiger partial charge < -0.3 is 10.6 Å². The zero-order chi connectivity index (χ0) is 18.6. The van der Waals surface area contributed by atoms with Crippen LogP contribution in [0.4, 0.5) is 18.9 Å². The van der Waals surface area contributed by atoms with E-state index >= 15 is 0 Å². The van der Waals surface area contributed by atoms with Crippen LogP contribution < -0.4 is 10.6 Å². The summed E-state index contributed by atoms with van der Waals surface area (Å²) < 4.78 is 37.8. The quantitative estimate of drug-likeness (QED) is 0.699. The molecule has 0 spiro atoms. The average Bonchev–Trinajstić information content (AvgIpc) is 2.50. The Labute approximate surface area is 157 Å². The third-order valence-electron chi connectivity index (χ3n) is 3.08. The van der Waals surface area contributed by atoms with E-state index in [0.717, 1.165) is 23.8 Å². The third kappa shape index (κ3) is 5.88. The van der Waals surface area contributed by atoms with Gasteiger partial charge in [-0.1, -0.05) is 35.3 Å². The van der Waals surface area contributed by atoms with Crippen LogP contribution in [0.3, 0.4) is 0 Å². The minimum atomic E-state index is -4.49. The highest BCUT2D eigenvalue weighted by Gasteiger charge is 2.30. The number of halogens is 5. The van der Waals surface area contributed by atoms with E-state index in [9.17, 15) is 18.0 Å². The van der Waals surface area contributed by atoms with Crippen molar-refractivity contribution in [2.24, 2.45) is 0 Å². The van der Waals surface area contributed by atoms with Crippen molar-refractivity contribution < 1.29 is 18.0 Å².